The predicted molar refractivity (Wildman–Crippen MR) is 71.1 cm³/mol. The Morgan fingerprint density at radius 1 is 1.27 bits per heavy atom. The van der Waals surface area contributed by atoms with Crippen LogP contribution in [0.4, 0.5) is 13.2 Å². The maximum absolute atomic E-state index is 12.7. The molecular weight excluding hydrogens is 303 g/mol. The molecule has 0 radical (unpaired) electrons. The van der Waals surface area contributed by atoms with Gasteiger partial charge < -0.3 is 14.6 Å². The van der Waals surface area contributed by atoms with Gasteiger partial charge in [-0.25, -0.2) is 9.78 Å². The first-order valence-corrected chi connectivity index (χ1v) is 6.20. The number of methoxy groups -OCH3 is 1. The second-order valence-electron chi connectivity index (χ2n) is 4.38. The van der Waals surface area contributed by atoms with Crippen molar-refractivity contribution in [3.05, 3.63) is 35.5 Å². The van der Waals surface area contributed by atoms with E-state index in [-0.39, 0.29) is 30.2 Å². The summed E-state index contributed by atoms with van der Waals surface area (Å²) in [6, 6.07) is 4.07. The number of carbonyl (C=O) groups is 1. The Balaban J connectivity index is 2.54. The molecule has 1 heterocycles. The molecule has 0 unspecified atom stereocenters. The highest BCUT2D eigenvalue weighted by Crippen LogP contribution is 2.33. The molecule has 0 aliphatic carbocycles. The van der Waals surface area contributed by atoms with Crippen molar-refractivity contribution in [3.63, 3.8) is 0 Å². The van der Waals surface area contributed by atoms with Gasteiger partial charge >= 0.3 is 12.1 Å². The number of carboxylic acid groups (broad SMARTS) is 1. The molecule has 0 fully saturated rings. The van der Waals surface area contributed by atoms with E-state index in [4.69, 9.17) is 14.6 Å². The molecule has 0 amide bonds. The molecule has 2 rings (SSSR count). The average molecular weight is 315 g/mol. The molecule has 0 atom stereocenters. The maximum Gasteiger partial charge on any atom is 0.416 e. The van der Waals surface area contributed by atoms with E-state index in [2.05, 4.69) is 4.98 Å². The Labute approximate surface area is 123 Å². The van der Waals surface area contributed by atoms with Gasteiger partial charge in [-0.15, -0.1) is 0 Å². The van der Waals surface area contributed by atoms with Crippen LogP contribution in [0, 0.1) is 0 Å². The van der Waals surface area contributed by atoms with Crippen molar-refractivity contribution >= 4 is 16.9 Å². The summed E-state index contributed by atoms with van der Waals surface area (Å²) in [5.74, 6) is -1.20. The highest BCUT2D eigenvalue weighted by atomic mass is 19.4. The standard InChI is InChI=1S/C14H12F3NO4/c1-21-4-5-22-12-7-11(13(19)20)18-10-6-8(14(15,16)17)2-3-9(10)12/h2-3,6-7H,4-5H2,1H3,(H,19,20). The molecule has 5 nitrogen and oxygen atoms in total. The molecule has 0 aliphatic rings. The molecule has 1 N–H and O–H groups in total. The SMILES string of the molecule is COCCOc1cc(C(=O)O)nc2cc(C(F)(F)F)ccc12. The fraction of sp³-hybridized carbons (Fsp3) is 0.286. The van der Waals surface area contributed by atoms with Crippen LogP contribution in [-0.4, -0.2) is 36.4 Å². The molecule has 0 saturated heterocycles. The third-order valence-electron chi connectivity index (χ3n) is 2.86. The fourth-order valence-electron chi connectivity index (χ4n) is 1.84. The first-order valence-electron chi connectivity index (χ1n) is 6.20. The summed E-state index contributed by atoms with van der Waals surface area (Å²) < 4.78 is 48.4. The second-order valence-corrected chi connectivity index (χ2v) is 4.38. The number of hydrogen-bond acceptors (Lipinski definition) is 4. The number of alkyl halides is 3. The molecule has 118 valence electrons. The van der Waals surface area contributed by atoms with Gasteiger partial charge in [0, 0.05) is 18.6 Å². The highest BCUT2D eigenvalue weighted by molar-refractivity contribution is 5.93. The smallest absolute Gasteiger partial charge is 0.416 e. The van der Waals surface area contributed by atoms with E-state index in [1.54, 1.807) is 0 Å². The molecule has 0 saturated carbocycles. The zero-order valence-corrected chi connectivity index (χ0v) is 11.5. The summed E-state index contributed by atoms with van der Waals surface area (Å²) in [6.07, 6.45) is -4.54. The molecule has 0 bridgehead atoms. The largest absolute Gasteiger partial charge is 0.490 e. The van der Waals surface area contributed by atoms with E-state index < -0.39 is 17.7 Å². The van der Waals surface area contributed by atoms with Gasteiger partial charge in [0.25, 0.3) is 0 Å². The van der Waals surface area contributed by atoms with Crippen LogP contribution in [0.5, 0.6) is 5.75 Å². The van der Waals surface area contributed by atoms with E-state index in [0.717, 1.165) is 12.1 Å². The zero-order chi connectivity index (χ0) is 16.3. The molecule has 1 aromatic carbocycles. The number of fused-ring (bicyclic) bond motifs is 1. The quantitative estimate of drug-likeness (QED) is 0.859. The summed E-state index contributed by atoms with van der Waals surface area (Å²) in [7, 11) is 1.46. The van der Waals surface area contributed by atoms with Gasteiger partial charge in [-0.3, -0.25) is 0 Å². The monoisotopic (exact) mass is 315 g/mol. The molecule has 8 heteroatoms. The minimum absolute atomic E-state index is 0.0952. The number of aromatic nitrogens is 1. The number of benzene rings is 1. The van der Waals surface area contributed by atoms with Crippen LogP contribution in [0.3, 0.4) is 0 Å². The van der Waals surface area contributed by atoms with E-state index >= 15 is 0 Å². The Hall–Kier alpha value is -2.35. The lowest BCUT2D eigenvalue weighted by molar-refractivity contribution is -0.137. The van der Waals surface area contributed by atoms with Crippen molar-refractivity contribution in [3.8, 4) is 5.75 Å². The summed E-state index contributed by atoms with van der Waals surface area (Å²) in [5, 5.41) is 9.30. The van der Waals surface area contributed by atoms with Gasteiger partial charge in [0.05, 0.1) is 17.7 Å². The number of hydrogen-bond donors (Lipinski definition) is 1. The average Bonchev–Trinajstić information content (AvgIpc) is 2.45. The van der Waals surface area contributed by atoms with Gasteiger partial charge in [0.15, 0.2) is 5.69 Å². The number of aromatic carboxylic acids is 1. The number of nitrogens with zero attached hydrogens (tertiary/aromatic N) is 1. The first kappa shape index (κ1) is 16.0. The molecular formula is C14H12F3NO4. The first-order chi connectivity index (χ1) is 10.3. The number of pyridine rings is 1. The second kappa shape index (κ2) is 6.18. The van der Waals surface area contributed by atoms with Crippen molar-refractivity contribution < 1.29 is 32.5 Å². The summed E-state index contributed by atoms with van der Waals surface area (Å²) in [5.41, 5.74) is -1.39. The fourth-order valence-corrected chi connectivity index (χ4v) is 1.84. The van der Waals surface area contributed by atoms with Crippen LogP contribution in [0.25, 0.3) is 10.9 Å². The topological polar surface area (TPSA) is 68.7 Å². The van der Waals surface area contributed by atoms with Crippen molar-refractivity contribution in [2.45, 2.75) is 6.18 Å². The number of carboxylic acids is 1. The highest BCUT2D eigenvalue weighted by Gasteiger charge is 2.31. The van der Waals surface area contributed by atoms with E-state index in [1.165, 1.54) is 19.2 Å². The van der Waals surface area contributed by atoms with Crippen LogP contribution >= 0.6 is 0 Å². The Kier molecular flexibility index (Phi) is 4.51. The summed E-state index contributed by atoms with van der Waals surface area (Å²) in [6.45, 7) is 0.391. The summed E-state index contributed by atoms with van der Waals surface area (Å²) in [4.78, 5) is 14.8. The predicted octanol–water partition coefficient (Wildman–Crippen LogP) is 2.98. The van der Waals surface area contributed by atoms with E-state index in [9.17, 15) is 18.0 Å². The number of ether oxygens (including phenoxy) is 2. The molecule has 1 aromatic heterocycles. The maximum atomic E-state index is 12.7. The Morgan fingerprint density at radius 3 is 2.59 bits per heavy atom. The zero-order valence-electron chi connectivity index (χ0n) is 11.5. The molecule has 0 spiro atoms. The van der Waals surface area contributed by atoms with Crippen LogP contribution in [0.1, 0.15) is 16.1 Å². The van der Waals surface area contributed by atoms with Crippen molar-refractivity contribution in [1.82, 2.24) is 4.98 Å². The molecule has 0 aliphatic heterocycles. The van der Waals surface area contributed by atoms with Crippen LogP contribution < -0.4 is 4.74 Å². The molecule has 2 aromatic rings. The van der Waals surface area contributed by atoms with E-state index in [0.29, 0.717) is 5.39 Å². The van der Waals surface area contributed by atoms with Gasteiger partial charge in [-0.1, -0.05) is 0 Å². The van der Waals surface area contributed by atoms with Gasteiger partial charge in [0.2, 0.25) is 0 Å². The van der Waals surface area contributed by atoms with Crippen LogP contribution in [0.2, 0.25) is 0 Å². The third-order valence-corrected chi connectivity index (χ3v) is 2.86. The lowest BCUT2D eigenvalue weighted by Crippen LogP contribution is -2.08. The van der Waals surface area contributed by atoms with Crippen molar-refractivity contribution in [2.24, 2.45) is 0 Å². The van der Waals surface area contributed by atoms with E-state index in [1.807, 2.05) is 0 Å². The van der Waals surface area contributed by atoms with Crippen LogP contribution in [-0.2, 0) is 10.9 Å². The van der Waals surface area contributed by atoms with Crippen molar-refractivity contribution in [1.29, 1.82) is 0 Å². The van der Waals surface area contributed by atoms with Crippen molar-refractivity contribution in [2.75, 3.05) is 20.3 Å². The third kappa shape index (κ3) is 3.45. The lowest BCUT2D eigenvalue weighted by Gasteiger charge is -2.12. The number of halogens is 3. The Bertz CT molecular complexity index is 700. The minimum Gasteiger partial charge on any atom is -0.490 e. The Morgan fingerprint density at radius 2 is 2.00 bits per heavy atom. The van der Waals surface area contributed by atoms with Crippen LogP contribution in [0.15, 0.2) is 24.3 Å². The normalized spacial score (nSPS) is 11.6. The van der Waals surface area contributed by atoms with Gasteiger partial charge in [0.1, 0.15) is 12.4 Å². The number of rotatable bonds is 5. The van der Waals surface area contributed by atoms with Gasteiger partial charge in [-0.05, 0) is 18.2 Å². The van der Waals surface area contributed by atoms with Gasteiger partial charge in [-0.2, -0.15) is 13.2 Å². The molecule has 22 heavy (non-hydrogen) atoms. The minimum atomic E-state index is -4.54. The lowest BCUT2D eigenvalue weighted by atomic mass is 10.1. The summed E-state index contributed by atoms with van der Waals surface area (Å²) >= 11 is 0.